The van der Waals surface area contributed by atoms with E-state index in [9.17, 15) is 10.2 Å². The van der Waals surface area contributed by atoms with E-state index < -0.39 is 12.2 Å². The first-order chi connectivity index (χ1) is 7.24. The fourth-order valence-electron chi connectivity index (χ4n) is 2.01. The van der Waals surface area contributed by atoms with Crippen molar-refractivity contribution in [3.8, 4) is 0 Å². The van der Waals surface area contributed by atoms with Crippen LogP contribution < -0.4 is 0 Å². The summed E-state index contributed by atoms with van der Waals surface area (Å²) in [7, 11) is 0. The monoisotopic (exact) mass is 230 g/mol. The zero-order valence-corrected chi connectivity index (χ0v) is 9.78. The Hall–Kier alpha value is -0.260. The standard InChI is InChI=1S/C10H18N2O2S/c1-2-3-4-11-10-12-5-8(13)9(14)7(12)6-15-10/h7-9,13-14H,2-6H2,1H3/t7-,8-,9+/m1/s1. The van der Waals surface area contributed by atoms with Gasteiger partial charge in [0, 0.05) is 18.8 Å². The molecule has 4 nitrogen and oxygen atoms in total. The van der Waals surface area contributed by atoms with Crippen LogP contribution in [0.1, 0.15) is 19.8 Å². The van der Waals surface area contributed by atoms with Crippen molar-refractivity contribution in [2.75, 3.05) is 18.8 Å². The Kier molecular flexibility index (Phi) is 3.53. The molecule has 2 fully saturated rings. The lowest BCUT2D eigenvalue weighted by atomic mass is 10.2. The van der Waals surface area contributed by atoms with E-state index in [0.29, 0.717) is 6.54 Å². The van der Waals surface area contributed by atoms with Crippen molar-refractivity contribution in [3.05, 3.63) is 0 Å². The highest BCUT2D eigenvalue weighted by Gasteiger charge is 2.45. The third-order valence-electron chi connectivity index (χ3n) is 2.96. The van der Waals surface area contributed by atoms with Crippen LogP contribution in [0.25, 0.3) is 0 Å². The molecule has 0 aromatic carbocycles. The Morgan fingerprint density at radius 2 is 2.33 bits per heavy atom. The van der Waals surface area contributed by atoms with Crippen LogP contribution in [0.2, 0.25) is 0 Å². The van der Waals surface area contributed by atoms with Gasteiger partial charge in [-0.2, -0.15) is 0 Å². The minimum absolute atomic E-state index is 0.0744. The molecule has 15 heavy (non-hydrogen) atoms. The van der Waals surface area contributed by atoms with Crippen molar-refractivity contribution in [2.45, 2.75) is 38.0 Å². The Morgan fingerprint density at radius 3 is 3.07 bits per heavy atom. The van der Waals surface area contributed by atoms with E-state index in [1.165, 1.54) is 0 Å². The predicted octanol–water partition coefficient (Wildman–Crippen LogP) is 0.295. The molecule has 0 aromatic heterocycles. The molecule has 0 radical (unpaired) electrons. The zero-order chi connectivity index (χ0) is 10.8. The number of aliphatic hydroxyl groups is 2. The normalized spacial score (nSPS) is 37.7. The number of aliphatic hydroxyl groups excluding tert-OH is 2. The third kappa shape index (κ3) is 2.14. The van der Waals surface area contributed by atoms with Gasteiger partial charge in [0.25, 0.3) is 0 Å². The molecule has 2 aliphatic heterocycles. The molecule has 2 saturated heterocycles. The molecule has 3 atom stereocenters. The summed E-state index contributed by atoms with van der Waals surface area (Å²) in [6.45, 7) is 3.53. The molecule has 0 amide bonds. The van der Waals surface area contributed by atoms with E-state index in [1.807, 2.05) is 0 Å². The van der Waals surface area contributed by atoms with Gasteiger partial charge < -0.3 is 15.1 Å². The van der Waals surface area contributed by atoms with Crippen molar-refractivity contribution in [2.24, 2.45) is 4.99 Å². The molecule has 2 rings (SSSR count). The maximum atomic E-state index is 9.70. The maximum Gasteiger partial charge on any atom is 0.159 e. The van der Waals surface area contributed by atoms with E-state index in [0.717, 1.165) is 30.3 Å². The first-order valence-corrected chi connectivity index (χ1v) is 6.52. The highest BCUT2D eigenvalue weighted by Crippen LogP contribution is 2.32. The predicted molar refractivity (Wildman–Crippen MR) is 62.2 cm³/mol. The molecule has 2 aliphatic rings. The summed E-state index contributed by atoms with van der Waals surface area (Å²) in [5.41, 5.74) is 0. The third-order valence-corrected chi connectivity index (χ3v) is 4.09. The van der Waals surface area contributed by atoms with Crippen LogP contribution in [0.15, 0.2) is 4.99 Å². The minimum atomic E-state index is -0.604. The lowest BCUT2D eigenvalue weighted by molar-refractivity contribution is 0.0437. The molecule has 5 heteroatoms. The molecule has 0 saturated carbocycles. The lowest BCUT2D eigenvalue weighted by Gasteiger charge is -2.17. The summed E-state index contributed by atoms with van der Waals surface area (Å²) in [5, 5.41) is 20.2. The summed E-state index contributed by atoms with van der Waals surface area (Å²) in [6.07, 6.45) is 1.05. The number of thioether (sulfide) groups is 1. The van der Waals surface area contributed by atoms with Gasteiger partial charge in [-0.25, -0.2) is 0 Å². The molecular weight excluding hydrogens is 212 g/mol. The van der Waals surface area contributed by atoms with Crippen LogP contribution >= 0.6 is 11.8 Å². The fourth-order valence-corrected chi connectivity index (χ4v) is 3.26. The molecule has 2 N–H and O–H groups in total. The number of nitrogens with zero attached hydrogens (tertiary/aromatic N) is 2. The molecule has 0 bridgehead atoms. The second-order valence-corrected chi connectivity index (χ2v) is 5.09. The first kappa shape index (κ1) is 11.2. The van der Waals surface area contributed by atoms with Crippen molar-refractivity contribution in [1.29, 1.82) is 0 Å². The second kappa shape index (κ2) is 4.72. The number of rotatable bonds is 3. The average Bonchev–Trinajstić information content (AvgIpc) is 2.72. The lowest BCUT2D eigenvalue weighted by Crippen LogP contribution is -2.34. The fraction of sp³-hybridized carbons (Fsp3) is 0.900. The number of hydrogen-bond acceptors (Lipinski definition) is 4. The molecule has 0 aromatic rings. The van der Waals surface area contributed by atoms with Crippen LogP contribution in [0, 0.1) is 0 Å². The summed E-state index contributed by atoms with van der Waals surface area (Å²) >= 11 is 1.70. The Morgan fingerprint density at radius 1 is 1.53 bits per heavy atom. The van der Waals surface area contributed by atoms with Crippen LogP contribution in [-0.2, 0) is 0 Å². The van der Waals surface area contributed by atoms with Crippen LogP contribution in [0.4, 0.5) is 0 Å². The smallest absolute Gasteiger partial charge is 0.159 e. The molecule has 0 aliphatic carbocycles. The van der Waals surface area contributed by atoms with Gasteiger partial charge in [0.05, 0.1) is 12.1 Å². The van der Waals surface area contributed by atoms with Crippen LogP contribution in [0.5, 0.6) is 0 Å². The highest BCUT2D eigenvalue weighted by molar-refractivity contribution is 8.14. The van der Waals surface area contributed by atoms with Gasteiger partial charge in [0.1, 0.15) is 6.10 Å². The summed E-state index contributed by atoms with van der Waals surface area (Å²) in [5.74, 6) is 0.850. The van der Waals surface area contributed by atoms with Crippen molar-refractivity contribution >= 4 is 16.9 Å². The van der Waals surface area contributed by atoms with Gasteiger partial charge in [0.15, 0.2) is 5.17 Å². The number of hydrogen-bond donors (Lipinski definition) is 2. The number of unbranched alkanes of at least 4 members (excludes halogenated alkanes) is 1. The van der Waals surface area contributed by atoms with Gasteiger partial charge >= 0.3 is 0 Å². The van der Waals surface area contributed by atoms with Gasteiger partial charge in [0.2, 0.25) is 0 Å². The minimum Gasteiger partial charge on any atom is -0.388 e. The van der Waals surface area contributed by atoms with Crippen LogP contribution in [-0.4, -0.2) is 57.4 Å². The molecule has 0 spiro atoms. The largest absolute Gasteiger partial charge is 0.388 e. The molecular formula is C10H18N2O2S. The Balaban J connectivity index is 1.97. The highest BCUT2D eigenvalue weighted by atomic mass is 32.2. The van der Waals surface area contributed by atoms with E-state index in [1.54, 1.807) is 11.8 Å². The van der Waals surface area contributed by atoms with E-state index in [-0.39, 0.29) is 6.04 Å². The van der Waals surface area contributed by atoms with Crippen molar-refractivity contribution < 1.29 is 10.2 Å². The summed E-state index contributed by atoms with van der Waals surface area (Å²) < 4.78 is 0. The molecule has 2 heterocycles. The van der Waals surface area contributed by atoms with E-state index >= 15 is 0 Å². The SMILES string of the molecule is CCCCN=C1SC[C@@H]2[C@H](O)[C@H](O)CN12. The number of fused-ring (bicyclic) bond motifs is 1. The quantitative estimate of drug-likeness (QED) is 0.685. The average molecular weight is 230 g/mol. The summed E-state index contributed by atoms with van der Waals surface area (Å²) in [6, 6.07) is 0.0744. The van der Waals surface area contributed by atoms with Gasteiger partial charge in [-0.15, -0.1) is 0 Å². The van der Waals surface area contributed by atoms with Gasteiger partial charge in [-0.1, -0.05) is 25.1 Å². The van der Waals surface area contributed by atoms with Gasteiger partial charge in [-0.3, -0.25) is 4.99 Å². The summed E-state index contributed by atoms with van der Waals surface area (Å²) in [4.78, 5) is 6.56. The second-order valence-electron chi connectivity index (χ2n) is 4.11. The first-order valence-electron chi connectivity index (χ1n) is 5.54. The van der Waals surface area contributed by atoms with Crippen LogP contribution in [0.3, 0.4) is 0 Å². The van der Waals surface area contributed by atoms with Crippen molar-refractivity contribution in [1.82, 2.24) is 4.90 Å². The molecule has 86 valence electrons. The van der Waals surface area contributed by atoms with E-state index in [2.05, 4.69) is 16.8 Å². The number of amidine groups is 1. The topological polar surface area (TPSA) is 56.1 Å². The Labute approximate surface area is 94.4 Å². The maximum absolute atomic E-state index is 9.70. The van der Waals surface area contributed by atoms with E-state index in [4.69, 9.17) is 0 Å². The zero-order valence-electron chi connectivity index (χ0n) is 8.96. The number of aliphatic imine (C=N–C) groups is 1. The van der Waals surface area contributed by atoms with Gasteiger partial charge in [-0.05, 0) is 6.42 Å². The molecule has 0 unspecified atom stereocenters. The van der Waals surface area contributed by atoms with Crippen molar-refractivity contribution in [3.63, 3.8) is 0 Å². The Bertz CT molecular complexity index is 260.